The van der Waals surface area contributed by atoms with E-state index in [1.807, 2.05) is 0 Å². The first-order chi connectivity index (χ1) is 11.4. The second-order valence-corrected chi connectivity index (χ2v) is 10.3. The molecule has 144 valence electrons. The van der Waals surface area contributed by atoms with Crippen LogP contribution in [-0.2, 0) is 19.6 Å². The van der Waals surface area contributed by atoms with Gasteiger partial charge in [-0.05, 0) is 61.7 Å². The summed E-state index contributed by atoms with van der Waals surface area (Å²) in [6, 6.07) is 0. The van der Waals surface area contributed by atoms with Crippen molar-refractivity contribution < 1.29 is 35.7 Å². The van der Waals surface area contributed by atoms with Crippen molar-refractivity contribution >= 4 is 32.0 Å². The van der Waals surface area contributed by atoms with Gasteiger partial charge in [0.25, 0.3) is 10.1 Å². The van der Waals surface area contributed by atoms with Crippen molar-refractivity contribution in [2.75, 3.05) is 5.75 Å². The number of hydrogen-bond donors (Lipinski definition) is 1. The fourth-order valence-electron chi connectivity index (χ4n) is 5.32. The molecule has 4 bridgehead atoms. The van der Waals surface area contributed by atoms with Crippen LogP contribution in [0.5, 0.6) is 0 Å². The van der Waals surface area contributed by atoms with E-state index in [4.69, 9.17) is 4.55 Å². The first-order valence-electron chi connectivity index (χ1n) is 8.24. The molecule has 4 saturated carbocycles. The largest absolute Gasteiger partial charge is 0.451 e. The van der Waals surface area contributed by atoms with E-state index in [2.05, 4.69) is 20.7 Å². The molecular formula is C15H20BrF3O5S. The minimum atomic E-state index is -5.07. The van der Waals surface area contributed by atoms with Crippen molar-refractivity contribution in [3.05, 3.63) is 0 Å². The highest BCUT2D eigenvalue weighted by molar-refractivity contribution is 9.10. The van der Waals surface area contributed by atoms with Crippen LogP contribution < -0.4 is 0 Å². The van der Waals surface area contributed by atoms with Gasteiger partial charge in [-0.15, -0.1) is 0 Å². The van der Waals surface area contributed by atoms with Crippen LogP contribution in [-0.4, -0.2) is 41.8 Å². The lowest BCUT2D eigenvalue weighted by Gasteiger charge is -2.58. The van der Waals surface area contributed by atoms with Gasteiger partial charge in [0.15, 0.2) is 0 Å². The van der Waals surface area contributed by atoms with Gasteiger partial charge in [-0.1, -0.05) is 15.9 Å². The number of esters is 1. The second kappa shape index (κ2) is 6.37. The molecule has 0 aromatic carbocycles. The van der Waals surface area contributed by atoms with E-state index in [0.29, 0.717) is 17.8 Å². The maximum absolute atomic E-state index is 13.0. The van der Waals surface area contributed by atoms with E-state index < -0.39 is 44.4 Å². The van der Waals surface area contributed by atoms with E-state index in [1.54, 1.807) is 0 Å². The number of carbonyl (C=O) groups is 1. The van der Waals surface area contributed by atoms with Gasteiger partial charge in [0, 0.05) is 0 Å². The Morgan fingerprint density at radius 3 is 1.96 bits per heavy atom. The third kappa shape index (κ3) is 4.16. The van der Waals surface area contributed by atoms with Crippen molar-refractivity contribution in [3.8, 4) is 0 Å². The Balaban J connectivity index is 1.73. The molecule has 10 heteroatoms. The zero-order chi connectivity index (χ0) is 18.6. The van der Waals surface area contributed by atoms with Crippen molar-refractivity contribution in [3.63, 3.8) is 0 Å². The summed E-state index contributed by atoms with van der Waals surface area (Å²) in [5.74, 6) is -1.31. The van der Waals surface area contributed by atoms with Gasteiger partial charge in [0.05, 0.1) is 0 Å². The predicted molar refractivity (Wildman–Crippen MR) is 85.7 cm³/mol. The molecule has 4 aliphatic carbocycles. The Bertz CT molecular complexity index is 613. The summed E-state index contributed by atoms with van der Waals surface area (Å²) in [6.07, 6.45) is -2.27. The molecule has 1 N–H and O–H groups in total. The van der Waals surface area contributed by atoms with Gasteiger partial charge in [-0.2, -0.15) is 21.6 Å². The van der Waals surface area contributed by atoms with Crippen molar-refractivity contribution in [2.24, 2.45) is 23.2 Å². The van der Waals surface area contributed by atoms with Crippen LogP contribution in [0.2, 0.25) is 0 Å². The third-order valence-corrected chi connectivity index (χ3v) is 7.88. The average molecular weight is 449 g/mol. The summed E-state index contributed by atoms with van der Waals surface area (Å²) >= 11 is 3.25. The number of hydrogen-bond acceptors (Lipinski definition) is 4. The van der Waals surface area contributed by atoms with E-state index in [0.717, 1.165) is 38.5 Å². The van der Waals surface area contributed by atoms with Crippen LogP contribution >= 0.6 is 15.9 Å². The smallest absolute Gasteiger partial charge is 0.426 e. The molecule has 0 aromatic heterocycles. The molecule has 0 aromatic rings. The molecular weight excluding hydrogens is 429 g/mol. The summed E-state index contributed by atoms with van der Waals surface area (Å²) < 4.78 is 73.7. The summed E-state index contributed by atoms with van der Waals surface area (Å²) in [5, 5.41) is 0. The van der Waals surface area contributed by atoms with E-state index in [-0.39, 0.29) is 0 Å². The second-order valence-electron chi connectivity index (χ2n) is 7.86. The molecule has 2 unspecified atom stereocenters. The van der Waals surface area contributed by atoms with E-state index >= 15 is 0 Å². The molecule has 0 aliphatic heterocycles. The monoisotopic (exact) mass is 448 g/mol. The lowest BCUT2D eigenvalue weighted by Crippen LogP contribution is -2.53. The highest BCUT2D eigenvalue weighted by Gasteiger charge is 2.56. The standard InChI is InChI=1S/C15H20BrF3O5S/c16-12(13(20)24-11(15(17,18)19)7-25(21,22)23)14-4-8-1-9(5-14)3-10(2-8)6-14/h8-12H,1-7H2,(H,21,22,23). The van der Waals surface area contributed by atoms with Crippen LogP contribution in [0.15, 0.2) is 0 Å². The average Bonchev–Trinajstić information content (AvgIpc) is 2.41. The van der Waals surface area contributed by atoms with Gasteiger partial charge < -0.3 is 4.74 Å². The number of rotatable bonds is 5. The Hall–Kier alpha value is -0.350. The summed E-state index contributed by atoms with van der Waals surface area (Å²) in [5.41, 5.74) is -0.417. The fourth-order valence-corrected chi connectivity index (χ4v) is 6.63. The SMILES string of the molecule is O=C(OC(CS(=O)(=O)O)C(F)(F)F)C(Br)C12CC3CC(CC(C3)C1)C2. The predicted octanol–water partition coefficient (Wildman–Crippen LogP) is 3.33. The van der Waals surface area contributed by atoms with Gasteiger partial charge in [-0.3, -0.25) is 9.35 Å². The van der Waals surface area contributed by atoms with Crippen molar-refractivity contribution in [1.82, 2.24) is 0 Å². The number of alkyl halides is 4. The first-order valence-corrected chi connectivity index (χ1v) is 10.8. The molecule has 4 rings (SSSR count). The van der Waals surface area contributed by atoms with Crippen LogP contribution in [0.4, 0.5) is 13.2 Å². The number of carbonyl (C=O) groups excluding carboxylic acids is 1. The molecule has 4 fully saturated rings. The van der Waals surface area contributed by atoms with Crippen LogP contribution in [0.25, 0.3) is 0 Å². The maximum Gasteiger partial charge on any atom is 0.426 e. The Labute approximate surface area is 152 Å². The van der Waals surface area contributed by atoms with Crippen molar-refractivity contribution in [2.45, 2.75) is 55.6 Å². The van der Waals surface area contributed by atoms with Gasteiger partial charge >= 0.3 is 12.1 Å². The zero-order valence-electron chi connectivity index (χ0n) is 13.3. The number of halogens is 4. The highest BCUT2D eigenvalue weighted by Crippen LogP contribution is 2.62. The van der Waals surface area contributed by atoms with Crippen LogP contribution in [0.3, 0.4) is 0 Å². The van der Waals surface area contributed by atoms with Gasteiger partial charge in [-0.25, -0.2) is 0 Å². The molecule has 2 atom stereocenters. The lowest BCUT2D eigenvalue weighted by molar-refractivity contribution is -0.217. The Morgan fingerprint density at radius 1 is 1.16 bits per heavy atom. The van der Waals surface area contributed by atoms with Crippen LogP contribution in [0, 0.1) is 23.2 Å². The highest BCUT2D eigenvalue weighted by atomic mass is 79.9. The zero-order valence-corrected chi connectivity index (χ0v) is 15.7. The normalized spacial score (nSPS) is 36.9. The molecule has 0 spiro atoms. The molecule has 0 saturated heterocycles. The van der Waals surface area contributed by atoms with Crippen molar-refractivity contribution in [1.29, 1.82) is 0 Å². The number of ether oxygens (including phenoxy) is 1. The summed E-state index contributed by atoms with van der Waals surface area (Å²) in [4.78, 5) is 11.5. The lowest BCUT2D eigenvalue weighted by atomic mass is 9.49. The molecule has 25 heavy (non-hydrogen) atoms. The molecule has 5 nitrogen and oxygen atoms in total. The Morgan fingerprint density at radius 2 is 1.60 bits per heavy atom. The topological polar surface area (TPSA) is 80.7 Å². The van der Waals surface area contributed by atoms with E-state index in [9.17, 15) is 26.4 Å². The quantitative estimate of drug-likeness (QED) is 0.396. The summed E-state index contributed by atoms with van der Waals surface area (Å²) in [6.45, 7) is 0. The first kappa shape index (κ1) is 19.4. The molecule has 4 aliphatic rings. The maximum atomic E-state index is 13.0. The molecule has 0 radical (unpaired) electrons. The fraction of sp³-hybridized carbons (Fsp3) is 0.933. The summed E-state index contributed by atoms with van der Waals surface area (Å²) in [7, 11) is -4.94. The van der Waals surface area contributed by atoms with Gasteiger partial charge in [0.1, 0.15) is 10.6 Å². The minimum absolute atomic E-state index is 0.417. The third-order valence-electron chi connectivity index (χ3n) is 5.82. The van der Waals surface area contributed by atoms with Gasteiger partial charge in [0.2, 0.25) is 6.10 Å². The van der Waals surface area contributed by atoms with Crippen LogP contribution in [0.1, 0.15) is 38.5 Å². The Kier molecular flexibility index (Phi) is 4.94. The molecule has 0 amide bonds. The van der Waals surface area contributed by atoms with E-state index in [1.165, 1.54) is 0 Å². The molecule has 0 heterocycles. The minimum Gasteiger partial charge on any atom is -0.451 e.